The topological polar surface area (TPSA) is 29.1 Å². The average Bonchev–Trinajstić information content (AvgIpc) is 2.58. The maximum absolute atomic E-state index is 12.8. The molecule has 0 saturated heterocycles. The minimum Gasteiger partial charge on any atom is -0.326 e. The fraction of sp³-hybridized carbons (Fsp3) is 0.381. The van der Waals surface area contributed by atoms with Gasteiger partial charge in [0.25, 0.3) is 0 Å². The average molecular weight is 305 g/mol. The highest BCUT2D eigenvalue weighted by Crippen LogP contribution is 2.60. The van der Waals surface area contributed by atoms with E-state index in [4.69, 9.17) is 0 Å². The lowest BCUT2D eigenvalue weighted by atomic mass is 9.48. The lowest BCUT2D eigenvalue weighted by molar-refractivity contribution is -0.135. The van der Waals surface area contributed by atoms with Crippen LogP contribution in [0, 0.1) is 24.7 Å². The zero-order chi connectivity index (χ0) is 15.8. The first kappa shape index (κ1) is 14.5. The summed E-state index contributed by atoms with van der Waals surface area (Å²) in [4.78, 5) is 12.8. The summed E-state index contributed by atoms with van der Waals surface area (Å²) in [5.41, 5.74) is 3.51. The van der Waals surface area contributed by atoms with E-state index in [1.54, 1.807) is 0 Å². The van der Waals surface area contributed by atoms with Crippen LogP contribution in [0.4, 0.5) is 5.69 Å². The SMILES string of the molecule is Cc1ccccc1NC(=O)C1[C@@H]2CCC[C@@H]1C2c1ccccc1. The summed E-state index contributed by atoms with van der Waals surface area (Å²) >= 11 is 0. The van der Waals surface area contributed by atoms with E-state index in [2.05, 4.69) is 35.6 Å². The fourth-order valence-electron chi connectivity index (χ4n) is 4.73. The number of carbonyl (C=O) groups excluding carboxylic acids is 1. The summed E-state index contributed by atoms with van der Waals surface area (Å²) in [6, 6.07) is 18.8. The summed E-state index contributed by atoms with van der Waals surface area (Å²) in [6.45, 7) is 2.05. The Morgan fingerprint density at radius 3 is 2.30 bits per heavy atom. The molecule has 0 unspecified atom stereocenters. The molecule has 4 rings (SSSR count). The zero-order valence-corrected chi connectivity index (χ0v) is 13.5. The molecule has 118 valence electrons. The smallest absolute Gasteiger partial charge is 0.228 e. The quantitative estimate of drug-likeness (QED) is 0.870. The number of fused-ring (bicyclic) bond motifs is 2. The van der Waals surface area contributed by atoms with Crippen molar-refractivity contribution in [3.63, 3.8) is 0 Å². The Morgan fingerprint density at radius 1 is 0.957 bits per heavy atom. The van der Waals surface area contributed by atoms with Crippen LogP contribution < -0.4 is 5.32 Å². The van der Waals surface area contributed by atoms with Gasteiger partial charge in [0.05, 0.1) is 0 Å². The molecule has 2 nitrogen and oxygen atoms in total. The number of anilines is 1. The molecule has 0 spiro atoms. The standard InChI is InChI=1S/C21H23NO/c1-14-8-5-6-13-18(14)22-21(23)20-16-11-7-12-17(20)19(16)15-9-3-2-4-10-15/h2-6,8-10,13,16-17,19-20H,7,11-12H2,1H3,(H,22,23)/t16-,17-,19?,20?/m1/s1. The van der Waals surface area contributed by atoms with Crippen molar-refractivity contribution >= 4 is 11.6 Å². The number of rotatable bonds is 3. The highest BCUT2D eigenvalue weighted by Gasteiger charge is 2.55. The largest absolute Gasteiger partial charge is 0.326 e. The Bertz CT molecular complexity index is 697. The van der Waals surface area contributed by atoms with Gasteiger partial charge >= 0.3 is 0 Å². The third-order valence-corrected chi connectivity index (χ3v) is 5.81. The number of amides is 1. The normalized spacial score (nSPS) is 28.7. The lowest BCUT2D eigenvalue weighted by Crippen LogP contribution is -2.53. The molecule has 2 atom stereocenters. The van der Waals surface area contributed by atoms with E-state index >= 15 is 0 Å². The number of carbonyl (C=O) groups is 1. The summed E-state index contributed by atoms with van der Waals surface area (Å²) in [5.74, 6) is 2.02. The maximum atomic E-state index is 12.8. The fourth-order valence-corrected chi connectivity index (χ4v) is 4.73. The Morgan fingerprint density at radius 2 is 1.61 bits per heavy atom. The van der Waals surface area contributed by atoms with Crippen molar-refractivity contribution < 1.29 is 4.79 Å². The molecular formula is C21H23NO. The number of hydrogen-bond acceptors (Lipinski definition) is 1. The first-order chi connectivity index (χ1) is 11.3. The minimum absolute atomic E-state index is 0.188. The Labute approximate surface area is 137 Å². The summed E-state index contributed by atoms with van der Waals surface area (Å²) in [6.07, 6.45) is 3.64. The maximum Gasteiger partial charge on any atom is 0.228 e. The van der Waals surface area contributed by atoms with E-state index < -0.39 is 0 Å². The van der Waals surface area contributed by atoms with Crippen LogP contribution in [-0.2, 0) is 4.79 Å². The van der Waals surface area contributed by atoms with Crippen LogP contribution in [0.25, 0.3) is 0 Å². The van der Waals surface area contributed by atoms with Crippen LogP contribution in [0.15, 0.2) is 54.6 Å². The van der Waals surface area contributed by atoms with Crippen molar-refractivity contribution in [3.8, 4) is 0 Å². The molecule has 2 saturated carbocycles. The Hall–Kier alpha value is -2.09. The van der Waals surface area contributed by atoms with Gasteiger partial charge in [-0.2, -0.15) is 0 Å². The van der Waals surface area contributed by atoms with Gasteiger partial charge in [-0.3, -0.25) is 4.79 Å². The van der Waals surface area contributed by atoms with Crippen LogP contribution in [-0.4, -0.2) is 5.91 Å². The molecular weight excluding hydrogens is 282 g/mol. The molecule has 1 N–H and O–H groups in total. The van der Waals surface area contributed by atoms with Crippen LogP contribution in [0.2, 0.25) is 0 Å². The highest BCUT2D eigenvalue weighted by molar-refractivity contribution is 5.94. The number of aryl methyl sites for hydroxylation is 1. The van der Waals surface area contributed by atoms with E-state index in [-0.39, 0.29) is 11.8 Å². The van der Waals surface area contributed by atoms with E-state index in [0.717, 1.165) is 11.3 Å². The van der Waals surface area contributed by atoms with Gasteiger partial charge in [-0.15, -0.1) is 0 Å². The van der Waals surface area contributed by atoms with Crippen LogP contribution in [0.1, 0.15) is 36.3 Å². The van der Waals surface area contributed by atoms with Gasteiger partial charge in [0.1, 0.15) is 0 Å². The van der Waals surface area contributed by atoms with Gasteiger partial charge in [0.2, 0.25) is 5.91 Å². The van der Waals surface area contributed by atoms with Gasteiger partial charge in [-0.1, -0.05) is 55.0 Å². The van der Waals surface area contributed by atoms with Crippen molar-refractivity contribution in [2.24, 2.45) is 17.8 Å². The van der Waals surface area contributed by atoms with Gasteiger partial charge in [0, 0.05) is 11.6 Å². The van der Waals surface area contributed by atoms with Crippen LogP contribution in [0.5, 0.6) is 0 Å². The van der Waals surface area contributed by atoms with Crippen molar-refractivity contribution in [1.29, 1.82) is 0 Å². The monoisotopic (exact) mass is 305 g/mol. The third kappa shape index (κ3) is 2.46. The van der Waals surface area contributed by atoms with Crippen molar-refractivity contribution in [3.05, 3.63) is 65.7 Å². The van der Waals surface area contributed by atoms with Crippen LogP contribution >= 0.6 is 0 Å². The molecule has 2 bridgehead atoms. The predicted molar refractivity (Wildman–Crippen MR) is 93.3 cm³/mol. The predicted octanol–water partition coefficient (Wildman–Crippen LogP) is 4.76. The molecule has 23 heavy (non-hydrogen) atoms. The Balaban J connectivity index is 1.52. The van der Waals surface area contributed by atoms with Crippen molar-refractivity contribution in [2.45, 2.75) is 32.1 Å². The third-order valence-electron chi connectivity index (χ3n) is 5.81. The molecule has 0 heterocycles. The first-order valence-electron chi connectivity index (χ1n) is 8.67. The summed E-state index contributed by atoms with van der Waals surface area (Å²) < 4.78 is 0. The minimum atomic E-state index is 0.188. The summed E-state index contributed by atoms with van der Waals surface area (Å²) in [5, 5.41) is 3.17. The van der Waals surface area contributed by atoms with Gasteiger partial charge < -0.3 is 5.32 Å². The molecule has 2 aromatic carbocycles. The number of para-hydroxylation sites is 1. The second-order valence-corrected chi connectivity index (χ2v) is 7.03. The van der Waals surface area contributed by atoms with Crippen molar-refractivity contribution in [2.75, 3.05) is 5.32 Å². The molecule has 2 aromatic rings. The number of benzene rings is 2. The lowest BCUT2D eigenvalue weighted by Gasteiger charge is -2.55. The second kappa shape index (κ2) is 5.84. The number of hydrogen-bond donors (Lipinski definition) is 1. The molecule has 2 fully saturated rings. The van der Waals surface area contributed by atoms with Gasteiger partial charge in [-0.25, -0.2) is 0 Å². The van der Waals surface area contributed by atoms with Gasteiger partial charge in [0.15, 0.2) is 0 Å². The number of nitrogens with one attached hydrogen (secondary N) is 1. The molecule has 0 aromatic heterocycles. The molecule has 0 radical (unpaired) electrons. The molecule has 2 aliphatic rings. The van der Waals surface area contributed by atoms with Crippen LogP contribution in [0.3, 0.4) is 0 Å². The van der Waals surface area contributed by atoms with E-state index in [1.165, 1.54) is 24.8 Å². The van der Waals surface area contributed by atoms with E-state index in [1.807, 2.05) is 31.2 Å². The summed E-state index contributed by atoms with van der Waals surface area (Å²) in [7, 11) is 0. The molecule has 1 amide bonds. The Kier molecular flexibility index (Phi) is 3.68. The van der Waals surface area contributed by atoms with Gasteiger partial charge in [-0.05, 0) is 54.7 Å². The molecule has 2 aliphatic carbocycles. The second-order valence-electron chi connectivity index (χ2n) is 7.03. The van der Waals surface area contributed by atoms with E-state index in [0.29, 0.717) is 17.8 Å². The molecule has 2 heteroatoms. The zero-order valence-electron chi connectivity index (χ0n) is 13.5. The first-order valence-corrected chi connectivity index (χ1v) is 8.67. The van der Waals surface area contributed by atoms with E-state index in [9.17, 15) is 4.79 Å². The van der Waals surface area contributed by atoms with Crippen molar-refractivity contribution in [1.82, 2.24) is 0 Å². The molecule has 0 aliphatic heterocycles. The highest BCUT2D eigenvalue weighted by atomic mass is 16.2.